The van der Waals surface area contributed by atoms with E-state index in [-0.39, 0.29) is 5.41 Å². The van der Waals surface area contributed by atoms with Crippen LogP contribution in [0.5, 0.6) is 0 Å². The molecule has 0 spiro atoms. The molecule has 0 aromatic rings. The van der Waals surface area contributed by atoms with Crippen LogP contribution in [0.3, 0.4) is 0 Å². The van der Waals surface area contributed by atoms with Crippen LogP contribution < -0.4 is 0 Å². The van der Waals surface area contributed by atoms with Crippen LogP contribution in [0.25, 0.3) is 0 Å². The molecule has 0 saturated heterocycles. The molecule has 0 radical (unpaired) electrons. The third-order valence-electron chi connectivity index (χ3n) is 7.35. The van der Waals surface area contributed by atoms with Gasteiger partial charge in [0.05, 0.1) is 5.41 Å². The van der Waals surface area contributed by atoms with Gasteiger partial charge in [-0.3, -0.25) is 0 Å². The van der Waals surface area contributed by atoms with Crippen LogP contribution in [0.1, 0.15) is 110 Å². The lowest BCUT2D eigenvalue weighted by molar-refractivity contribution is -0.115. The van der Waals surface area contributed by atoms with Gasteiger partial charge in [-0.05, 0) is 30.8 Å². The Balaban J connectivity index is 1.87. The molecule has 160 valence electrons. The zero-order valence-corrected chi connectivity index (χ0v) is 18.2. The Kier molecular flexibility index (Phi) is 9.44. The van der Waals surface area contributed by atoms with Gasteiger partial charge in [0.25, 0.3) is 5.92 Å². The lowest BCUT2D eigenvalue weighted by Crippen LogP contribution is -2.52. The van der Waals surface area contributed by atoms with Crippen molar-refractivity contribution in [2.24, 2.45) is 10.8 Å². The smallest absolute Gasteiger partial charge is 0.201 e. The summed E-state index contributed by atoms with van der Waals surface area (Å²) >= 11 is 0. The van der Waals surface area contributed by atoms with Crippen molar-refractivity contribution in [2.45, 2.75) is 116 Å². The zero-order chi connectivity index (χ0) is 20.3. The second-order valence-electron chi connectivity index (χ2n) is 9.19. The van der Waals surface area contributed by atoms with E-state index >= 15 is 8.78 Å². The van der Waals surface area contributed by atoms with Gasteiger partial charge in [0, 0.05) is 0 Å². The maximum absolute atomic E-state index is 15.1. The highest BCUT2D eigenvalue weighted by molar-refractivity contribution is 5.33. The van der Waals surface area contributed by atoms with Crippen LogP contribution >= 0.6 is 0 Å². The molecule has 1 fully saturated rings. The number of hydrogen-bond acceptors (Lipinski definition) is 0. The number of allylic oxidation sites excluding steroid dienone is 5. The highest BCUT2D eigenvalue weighted by Crippen LogP contribution is 2.62. The lowest BCUT2D eigenvalue weighted by Gasteiger charge is -2.53. The molecule has 0 N–H and O–H groups in total. The van der Waals surface area contributed by atoms with Gasteiger partial charge in [0.15, 0.2) is 0 Å². The molecule has 0 nitrogen and oxygen atoms in total. The second-order valence-corrected chi connectivity index (χ2v) is 9.19. The van der Waals surface area contributed by atoms with E-state index in [1.54, 1.807) is 12.2 Å². The molecule has 1 saturated carbocycles. The number of halogens is 2. The quantitative estimate of drug-likeness (QED) is 0.216. The highest BCUT2D eigenvalue weighted by Gasteiger charge is 2.60. The minimum absolute atomic E-state index is 0.335. The standard InChI is InChI=1S/C26H42F2/c1-3-5-6-7-8-9-10-11-12-14-19-24(20-15-13-16-21-24)25(4-2)22-17-18-23-26(25,27)28/h4,17-18,22-23H,2-3,5-16,19-21H2,1H3. The van der Waals surface area contributed by atoms with Gasteiger partial charge in [0.1, 0.15) is 0 Å². The fourth-order valence-electron chi connectivity index (χ4n) is 5.63. The third-order valence-corrected chi connectivity index (χ3v) is 7.35. The summed E-state index contributed by atoms with van der Waals surface area (Å²) in [6.45, 7) is 6.16. The van der Waals surface area contributed by atoms with Crippen molar-refractivity contribution in [2.75, 3.05) is 0 Å². The first-order valence-corrected chi connectivity index (χ1v) is 11.9. The molecule has 0 aliphatic heterocycles. The second kappa shape index (κ2) is 11.3. The normalized spacial score (nSPS) is 25.7. The molecule has 1 unspecified atom stereocenters. The molecular weight excluding hydrogens is 350 g/mol. The van der Waals surface area contributed by atoms with Crippen LogP contribution in [0, 0.1) is 10.8 Å². The first-order valence-electron chi connectivity index (χ1n) is 11.9. The highest BCUT2D eigenvalue weighted by atomic mass is 19.3. The molecule has 1 atom stereocenters. The summed E-state index contributed by atoms with van der Waals surface area (Å²) in [7, 11) is 0. The van der Waals surface area contributed by atoms with Crippen molar-refractivity contribution in [3.05, 3.63) is 37.0 Å². The van der Waals surface area contributed by atoms with Gasteiger partial charge < -0.3 is 0 Å². The summed E-state index contributed by atoms with van der Waals surface area (Å²) in [5.74, 6) is -2.83. The Morgan fingerprint density at radius 1 is 0.786 bits per heavy atom. The van der Waals surface area contributed by atoms with Crippen LogP contribution in [0.4, 0.5) is 8.78 Å². The Morgan fingerprint density at radius 2 is 1.32 bits per heavy atom. The number of unbranched alkanes of at least 4 members (excludes halogenated alkanes) is 9. The van der Waals surface area contributed by atoms with Gasteiger partial charge in [-0.15, -0.1) is 6.58 Å². The van der Waals surface area contributed by atoms with Crippen LogP contribution in [-0.4, -0.2) is 5.92 Å². The zero-order valence-electron chi connectivity index (χ0n) is 18.2. The van der Waals surface area contributed by atoms with Crippen LogP contribution in [0.2, 0.25) is 0 Å². The molecule has 0 aromatic carbocycles. The van der Waals surface area contributed by atoms with Crippen molar-refractivity contribution >= 4 is 0 Å². The van der Waals surface area contributed by atoms with Crippen LogP contribution in [0.15, 0.2) is 37.0 Å². The summed E-state index contributed by atoms with van der Waals surface area (Å²) in [4.78, 5) is 0. The summed E-state index contributed by atoms with van der Waals surface area (Å²) in [6, 6.07) is 0. The average Bonchev–Trinajstić information content (AvgIpc) is 2.70. The average molecular weight is 393 g/mol. The number of hydrogen-bond donors (Lipinski definition) is 0. The van der Waals surface area contributed by atoms with Gasteiger partial charge in [0.2, 0.25) is 0 Å². The SMILES string of the molecule is C=CC1(C2(CCCCCCCCCCCC)CCCCC2)C=CC=CC1(F)F. The number of alkyl halides is 2. The van der Waals surface area contributed by atoms with Crippen molar-refractivity contribution in [3.63, 3.8) is 0 Å². The predicted molar refractivity (Wildman–Crippen MR) is 118 cm³/mol. The number of rotatable bonds is 13. The Hall–Kier alpha value is -0.920. The summed E-state index contributed by atoms with van der Waals surface area (Å²) in [5, 5.41) is 0. The molecule has 28 heavy (non-hydrogen) atoms. The van der Waals surface area contributed by atoms with E-state index in [4.69, 9.17) is 0 Å². The molecule has 0 aromatic heterocycles. The Morgan fingerprint density at radius 3 is 1.86 bits per heavy atom. The van der Waals surface area contributed by atoms with E-state index in [9.17, 15) is 0 Å². The summed E-state index contributed by atoms with van der Waals surface area (Å²) < 4.78 is 30.3. The molecular formula is C26H42F2. The lowest BCUT2D eigenvalue weighted by atomic mass is 9.52. The van der Waals surface area contributed by atoms with Gasteiger partial charge in [-0.1, -0.05) is 115 Å². The fraction of sp³-hybridized carbons (Fsp3) is 0.769. The van der Waals surface area contributed by atoms with Crippen LogP contribution in [-0.2, 0) is 0 Å². The van der Waals surface area contributed by atoms with E-state index in [1.165, 1.54) is 70.3 Å². The van der Waals surface area contributed by atoms with E-state index < -0.39 is 11.3 Å². The summed E-state index contributed by atoms with van der Waals surface area (Å²) in [6.07, 6.45) is 26.7. The fourth-order valence-corrected chi connectivity index (χ4v) is 5.63. The largest absolute Gasteiger partial charge is 0.279 e. The molecule has 2 heteroatoms. The predicted octanol–water partition coefficient (Wildman–Crippen LogP) is 9.18. The van der Waals surface area contributed by atoms with Crippen molar-refractivity contribution in [3.8, 4) is 0 Å². The van der Waals surface area contributed by atoms with E-state index in [0.29, 0.717) is 0 Å². The molecule has 2 rings (SSSR count). The maximum Gasteiger partial charge on any atom is 0.279 e. The minimum Gasteiger partial charge on any atom is -0.201 e. The first-order chi connectivity index (χ1) is 13.5. The molecule has 2 aliphatic rings. The third kappa shape index (κ3) is 5.36. The van der Waals surface area contributed by atoms with E-state index in [2.05, 4.69) is 13.5 Å². The monoisotopic (exact) mass is 392 g/mol. The van der Waals surface area contributed by atoms with Crippen molar-refractivity contribution in [1.29, 1.82) is 0 Å². The Bertz CT molecular complexity index is 511. The maximum atomic E-state index is 15.1. The molecule has 2 aliphatic carbocycles. The van der Waals surface area contributed by atoms with E-state index in [1.807, 2.05) is 6.08 Å². The van der Waals surface area contributed by atoms with Gasteiger partial charge in [-0.25, -0.2) is 8.78 Å². The van der Waals surface area contributed by atoms with Gasteiger partial charge >= 0.3 is 0 Å². The molecule has 0 heterocycles. The first kappa shape index (κ1) is 23.4. The minimum atomic E-state index is -2.83. The summed E-state index contributed by atoms with van der Waals surface area (Å²) in [5.41, 5.74) is -1.55. The van der Waals surface area contributed by atoms with Crippen molar-refractivity contribution < 1.29 is 8.78 Å². The van der Waals surface area contributed by atoms with Crippen molar-refractivity contribution in [1.82, 2.24) is 0 Å². The Labute approximate surface area is 172 Å². The molecule has 0 amide bonds. The molecule has 0 bridgehead atoms. The van der Waals surface area contributed by atoms with Gasteiger partial charge in [-0.2, -0.15) is 0 Å². The topological polar surface area (TPSA) is 0 Å². The van der Waals surface area contributed by atoms with E-state index in [0.717, 1.165) is 44.6 Å².